The van der Waals surface area contributed by atoms with E-state index in [4.69, 9.17) is 11.6 Å². The molecule has 0 aliphatic heterocycles. The van der Waals surface area contributed by atoms with Crippen LogP contribution in [0.25, 0.3) is 0 Å². The number of aliphatic hydroxyl groups is 1. The molecule has 16 heavy (non-hydrogen) atoms. The van der Waals surface area contributed by atoms with E-state index in [-0.39, 0.29) is 24.2 Å². The van der Waals surface area contributed by atoms with Crippen LogP contribution in [0.4, 0.5) is 0 Å². The Morgan fingerprint density at radius 3 is 2.62 bits per heavy atom. The van der Waals surface area contributed by atoms with Crippen molar-refractivity contribution >= 4 is 17.5 Å². The van der Waals surface area contributed by atoms with Crippen molar-refractivity contribution in [1.82, 2.24) is 5.32 Å². The summed E-state index contributed by atoms with van der Waals surface area (Å²) in [5.74, 6) is -0.114. The topological polar surface area (TPSA) is 49.3 Å². The highest BCUT2D eigenvalue weighted by Crippen LogP contribution is 2.11. The molecule has 2 atom stereocenters. The lowest BCUT2D eigenvalue weighted by Crippen LogP contribution is -2.30. The number of halogens is 1. The first-order chi connectivity index (χ1) is 7.63. The van der Waals surface area contributed by atoms with E-state index in [0.29, 0.717) is 0 Å². The molecule has 0 unspecified atom stereocenters. The largest absolute Gasteiger partial charge is 0.391 e. The van der Waals surface area contributed by atoms with Gasteiger partial charge in [0.15, 0.2) is 0 Å². The Balaban J connectivity index is 2.46. The fraction of sp³-hybridized carbons (Fsp3) is 0.417. The van der Waals surface area contributed by atoms with Gasteiger partial charge < -0.3 is 10.4 Å². The third kappa shape index (κ3) is 4.21. The predicted molar refractivity (Wildman–Crippen MR) is 64.3 cm³/mol. The van der Waals surface area contributed by atoms with Crippen LogP contribution in [0, 0.1) is 0 Å². The third-order valence-electron chi connectivity index (χ3n) is 2.28. The van der Waals surface area contributed by atoms with Crippen LogP contribution in [-0.2, 0) is 4.79 Å². The van der Waals surface area contributed by atoms with Crippen LogP contribution in [-0.4, -0.2) is 23.0 Å². The number of carbonyl (C=O) groups excluding carboxylic acids is 1. The summed E-state index contributed by atoms with van der Waals surface area (Å²) in [7, 11) is 0. The zero-order chi connectivity index (χ0) is 12.0. The van der Waals surface area contributed by atoms with Crippen LogP contribution in [0.2, 0.25) is 0 Å². The summed E-state index contributed by atoms with van der Waals surface area (Å²) in [6.45, 7) is 1.90. The molecule has 1 rings (SSSR count). The quantitative estimate of drug-likeness (QED) is 0.773. The van der Waals surface area contributed by atoms with Crippen molar-refractivity contribution in [2.75, 3.05) is 5.88 Å². The Morgan fingerprint density at radius 1 is 1.44 bits per heavy atom. The van der Waals surface area contributed by atoms with Crippen molar-refractivity contribution in [3.05, 3.63) is 35.9 Å². The Kier molecular flexibility index (Phi) is 5.29. The highest BCUT2D eigenvalue weighted by Gasteiger charge is 2.12. The number of hydrogen-bond acceptors (Lipinski definition) is 2. The number of aliphatic hydroxyl groups excluding tert-OH is 1. The van der Waals surface area contributed by atoms with Crippen LogP contribution in [0.3, 0.4) is 0 Å². The number of benzene rings is 1. The molecule has 0 aliphatic rings. The van der Waals surface area contributed by atoms with Crippen LogP contribution in [0.5, 0.6) is 0 Å². The maximum absolute atomic E-state index is 11.5. The van der Waals surface area contributed by atoms with Crippen molar-refractivity contribution in [2.45, 2.75) is 25.5 Å². The van der Waals surface area contributed by atoms with Gasteiger partial charge in [0.25, 0.3) is 0 Å². The molecular weight excluding hydrogens is 226 g/mol. The van der Waals surface area contributed by atoms with Gasteiger partial charge in [-0.2, -0.15) is 0 Å². The SMILES string of the molecule is C[C@@H](NC(=O)C[C@H](O)CCl)c1ccccc1. The Labute approximate surface area is 100 Å². The molecule has 1 amide bonds. The molecule has 88 valence electrons. The van der Waals surface area contributed by atoms with Crippen LogP contribution < -0.4 is 5.32 Å². The predicted octanol–water partition coefficient (Wildman–Crippen LogP) is 1.85. The monoisotopic (exact) mass is 241 g/mol. The maximum atomic E-state index is 11.5. The minimum absolute atomic E-state index is 0.0423. The maximum Gasteiger partial charge on any atom is 0.223 e. The molecular formula is C12H16ClNO2. The number of nitrogens with one attached hydrogen (secondary N) is 1. The van der Waals surface area contributed by atoms with Gasteiger partial charge in [0.2, 0.25) is 5.91 Å². The number of rotatable bonds is 5. The average molecular weight is 242 g/mol. The number of alkyl halides is 1. The molecule has 2 N–H and O–H groups in total. The van der Waals surface area contributed by atoms with Crippen LogP contribution in [0.15, 0.2) is 30.3 Å². The molecule has 0 aliphatic carbocycles. The normalized spacial score (nSPS) is 14.2. The van der Waals surface area contributed by atoms with Crippen molar-refractivity contribution in [1.29, 1.82) is 0 Å². The van der Waals surface area contributed by atoms with E-state index in [1.807, 2.05) is 37.3 Å². The highest BCUT2D eigenvalue weighted by atomic mass is 35.5. The van der Waals surface area contributed by atoms with Crippen molar-refractivity contribution in [2.24, 2.45) is 0 Å². The minimum Gasteiger partial charge on any atom is -0.391 e. The molecule has 0 saturated carbocycles. The van der Waals surface area contributed by atoms with Crippen molar-refractivity contribution in [3.8, 4) is 0 Å². The van der Waals surface area contributed by atoms with Gasteiger partial charge in [0.1, 0.15) is 0 Å². The fourth-order valence-corrected chi connectivity index (χ4v) is 1.50. The molecule has 0 radical (unpaired) electrons. The smallest absolute Gasteiger partial charge is 0.223 e. The molecule has 1 aromatic carbocycles. The summed E-state index contributed by atoms with van der Waals surface area (Å²) in [6, 6.07) is 9.61. The van der Waals surface area contributed by atoms with E-state index >= 15 is 0 Å². The van der Waals surface area contributed by atoms with Crippen molar-refractivity contribution in [3.63, 3.8) is 0 Å². The molecule has 1 aromatic rings. The summed E-state index contributed by atoms with van der Waals surface area (Å²) in [4.78, 5) is 11.5. The van der Waals surface area contributed by atoms with Crippen LogP contribution in [0.1, 0.15) is 24.9 Å². The zero-order valence-corrected chi connectivity index (χ0v) is 9.95. The van der Waals surface area contributed by atoms with Gasteiger partial charge in [-0.25, -0.2) is 0 Å². The first-order valence-electron chi connectivity index (χ1n) is 5.22. The lowest BCUT2D eigenvalue weighted by Gasteiger charge is -2.15. The molecule has 0 aromatic heterocycles. The Hall–Kier alpha value is -1.06. The molecule has 0 bridgehead atoms. The molecule has 3 nitrogen and oxygen atoms in total. The lowest BCUT2D eigenvalue weighted by molar-refractivity contribution is -0.123. The number of amides is 1. The zero-order valence-electron chi connectivity index (χ0n) is 9.19. The van der Waals surface area contributed by atoms with E-state index in [1.165, 1.54) is 0 Å². The number of carbonyl (C=O) groups is 1. The average Bonchev–Trinajstić information content (AvgIpc) is 2.29. The van der Waals surface area contributed by atoms with Gasteiger partial charge in [-0.3, -0.25) is 4.79 Å². The summed E-state index contributed by atoms with van der Waals surface area (Å²) in [5, 5.41) is 12.0. The van der Waals surface area contributed by atoms with E-state index in [1.54, 1.807) is 0 Å². The molecule has 0 saturated heterocycles. The van der Waals surface area contributed by atoms with Crippen LogP contribution >= 0.6 is 11.6 Å². The standard InChI is InChI=1S/C12H16ClNO2/c1-9(10-5-3-2-4-6-10)14-12(16)7-11(15)8-13/h2-6,9,11,15H,7-8H2,1H3,(H,14,16)/t9-,11+/m1/s1. The third-order valence-corrected chi connectivity index (χ3v) is 2.63. The second kappa shape index (κ2) is 6.51. The summed E-state index contributed by atoms with van der Waals surface area (Å²) in [6.07, 6.45) is -0.731. The number of hydrogen-bond donors (Lipinski definition) is 2. The molecule has 0 spiro atoms. The Bertz CT molecular complexity index is 329. The van der Waals surface area contributed by atoms with Crippen molar-refractivity contribution < 1.29 is 9.90 Å². The second-order valence-corrected chi connectivity index (χ2v) is 4.02. The second-order valence-electron chi connectivity index (χ2n) is 3.71. The lowest BCUT2D eigenvalue weighted by atomic mass is 10.1. The van der Waals surface area contributed by atoms with Gasteiger partial charge in [0, 0.05) is 5.88 Å². The molecule has 0 fully saturated rings. The van der Waals surface area contributed by atoms with Gasteiger partial charge in [-0.1, -0.05) is 30.3 Å². The molecule has 4 heteroatoms. The summed E-state index contributed by atoms with van der Waals surface area (Å²) < 4.78 is 0. The van der Waals surface area contributed by atoms with Gasteiger partial charge in [0.05, 0.1) is 18.6 Å². The summed E-state index contributed by atoms with van der Waals surface area (Å²) in [5.41, 5.74) is 1.04. The fourth-order valence-electron chi connectivity index (χ4n) is 1.39. The van der Waals surface area contributed by atoms with Gasteiger partial charge >= 0.3 is 0 Å². The van der Waals surface area contributed by atoms with E-state index in [2.05, 4.69) is 5.32 Å². The minimum atomic E-state index is -0.773. The first kappa shape index (κ1) is 13.0. The van der Waals surface area contributed by atoms with Gasteiger partial charge in [-0.05, 0) is 12.5 Å². The Morgan fingerprint density at radius 2 is 2.06 bits per heavy atom. The van der Waals surface area contributed by atoms with Gasteiger partial charge in [-0.15, -0.1) is 11.6 Å². The highest BCUT2D eigenvalue weighted by molar-refractivity contribution is 6.18. The first-order valence-corrected chi connectivity index (χ1v) is 5.75. The van der Waals surface area contributed by atoms with E-state index in [0.717, 1.165) is 5.56 Å². The van der Waals surface area contributed by atoms with E-state index in [9.17, 15) is 9.90 Å². The molecule has 0 heterocycles. The van der Waals surface area contributed by atoms with E-state index < -0.39 is 6.10 Å². The summed E-state index contributed by atoms with van der Waals surface area (Å²) >= 11 is 5.42.